The van der Waals surface area contributed by atoms with Crippen LogP contribution in [-0.4, -0.2) is 41.7 Å². The Morgan fingerprint density at radius 1 is 1.11 bits per heavy atom. The van der Waals surface area contributed by atoms with Gasteiger partial charge < -0.3 is 15.7 Å². The molecular formula is C15H28N2O2. The first kappa shape index (κ1) is 14.8. The first-order chi connectivity index (χ1) is 9.26. The molecule has 0 radical (unpaired) electrons. The molecule has 1 saturated heterocycles. The lowest BCUT2D eigenvalue weighted by atomic mass is 9.81. The van der Waals surface area contributed by atoms with E-state index in [1.807, 2.05) is 4.90 Å². The smallest absolute Gasteiger partial charge is 0.226 e. The third kappa shape index (κ3) is 3.69. The van der Waals surface area contributed by atoms with Crippen LogP contribution in [0.3, 0.4) is 0 Å². The molecule has 0 spiro atoms. The molecule has 1 atom stereocenters. The molecule has 1 aliphatic carbocycles. The lowest BCUT2D eigenvalue weighted by Crippen LogP contribution is -2.46. The molecule has 2 rings (SSSR count). The number of rotatable bonds is 3. The Hall–Kier alpha value is -0.610. The van der Waals surface area contributed by atoms with Crippen LogP contribution < -0.4 is 5.73 Å². The maximum absolute atomic E-state index is 12.7. The van der Waals surface area contributed by atoms with E-state index in [1.165, 1.54) is 6.42 Å². The second-order valence-corrected chi connectivity index (χ2v) is 6.17. The standard InChI is InChI=1S/C15H28N2O2/c16-10-12-5-7-13(8-6-12)15(19)17-9-3-1-2-4-14(17)11-18/h12-14,18H,1-11,16H2. The van der Waals surface area contributed by atoms with Crippen molar-refractivity contribution in [3.05, 3.63) is 0 Å². The quantitative estimate of drug-likeness (QED) is 0.815. The average Bonchev–Trinajstić information content (AvgIpc) is 2.71. The Bertz CT molecular complexity index is 288. The van der Waals surface area contributed by atoms with Crippen LogP contribution in [0.4, 0.5) is 0 Å². The summed E-state index contributed by atoms with van der Waals surface area (Å²) in [5.74, 6) is 1.08. The molecule has 0 aromatic heterocycles. The highest BCUT2D eigenvalue weighted by molar-refractivity contribution is 5.79. The number of hydrogen-bond acceptors (Lipinski definition) is 3. The molecule has 19 heavy (non-hydrogen) atoms. The highest BCUT2D eigenvalue weighted by Gasteiger charge is 2.32. The molecular weight excluding hydrogens is 240 g/mol. The fourth-order valence-corrected chi connectivity index (χ4v) is 3.54. The maximum atomic E-state index is 12.7. The van der Waals surface area contributed by atoms with Crippen molar-refractivity contribution < 1.29 is 9.90 Å². The van der Waals surface area contributed by atoms with E-state index in [2.05, 4.69) is 0 Å². The Balaban J connectivity index is 1.93. The van der Waals surface area contributed by atoms with E-state index in [0.717, 1.165) is 58.0 Å². The first-order valence-corrected chi connectivity index (χ1v) is 7.87. The van der Waals surface area contributed by atoms with Gasteiger partial charge >= 0.3 is 0 Å². The Morgan fingerprint density at radius 3 is 2.47 bits per heavy atom. The number of carbonyl (C=O) groups is 1. The lowest BCUT2D eigenvalue weighted by Gasteiger charge is -2.35. The van der Waals surface area contributed by atoms with Gasteiger partial charge in [0.25, 0.3) is 0 Å². The zero-order chi connectivity index (χ0) is 13.7. The minimum Gasteiger partial charge on any atom is -0.394 e. The van der Waals surface area contributed by atoms with Gasteiger partial charge in [0.2, 0.25) is 5.91 Å². The fourth-order valence-electron chi connectivity index (χ4n) is 3.54. The summed E-state index contributed by atoms with van der Waals surface area (Å²) in [5.41, 5.74) is 5.70. The van der Waals surface area contributed by atoms with Gasteiger partial charge in [0.05, 0.1) is 12.6 Å². The summed E-state index contributed by atoms with van der Waals surface area (Å²) in [6.45, 7) is 1.70. The number of aliphatic hydroxyl groups is 1. The molecule has 1 heterocycles. The van der Waals surface area contributed by atoms with Gasteiger partial charge in [-0.05, 0) is 51.0 Å². The molecule has 2 aliphatic rings. The Labute approximate surface area is 116 Å². The van der Waals surface area contributed by atoms with Crippen LogP contribution >= 0.6 is 0 Å². The number of likely N-dealkylation sites (tertiary alicyclic amines) is 1. The monoisotopic (exact) mass is 268 g/mol. The maximum Gasteiger partial charge on any atom is 0.226 e. The topological polar surface area (TPSA) is 66.6 Å². The van der Waals surface area contributed by atoms with Crippen LogP contribution in [0.5, 0.6) is 0 Å². The summed E-state index contributed by atoms with van der Waals surface area (Å²) in [6, 6.07) is 0.0576. The number of nitrogens with zero attached hydrogens (tertiary/aromatic N) is 1. The summed E-state index contributed by atoms with van der Waals surface area (Å²) in [4.78, 5) is 14.6. The minimum atomic E-state index is 0.0576. The molecule has 4 nitrogen and oxygen atoms in total. The van der Waals surface area contributed by atoms with Crippen molar-refractivity contribution in [3.8, 4) is 0 Å². The third-order valence-corrected chi connectivity index (χ3v) is 4.90. The summed E-state index contributed by atoms with van der Waals surface area (Å²) in [6.07, 6.45) is 8.50. The van der Waals surface area contributed by atoms with Crippen LogP contribution in [0.25, 0.3) is 0 Å². The largest absolute Gasteiger partial charge is 0.394 e. The predicted molar refractivity (Wildman–Crippen MR) is 75.6 cm³/mol. The second kappa shape index (κ2) is 7.25. The number of carbonyl (C=O) groups excluding carboxylic acids is 1. The van der Waals surface area contributed by atoms with E-state index in [9.17, 15) is 9.90 Å². The van der Waals surface area contributed by atoms with Crippen molar-refractivity contribution in [2.24, 2.45) is 17.6 Å². The summed E-state index contributed by atoms with van der Waals surface area (Å²) in [7, 11) is 0. The van der Waals surface area contributed by atoms with Crippen LogP contribution in [0.1, 0.15) is 51.4 Å². The van der Waals surface area contributed by atoms with E-state index in [1.54, 1.807) is 0 Å². The number of amides is 1. The van der Waals surface area contributed by atoms with Gasteiger partial charge in [-0.3, -0.25) is 4.79 Å². The van der Waals surface area contributed by atoms with Crippen LogP contribution in [0, 0.1) is 11.8 Å². The zero-order valence-corrected chi connectivity index (χ0v) is 11.9. The molecule has 110 valence electrons. The SMILES string of the molecule is NCC1CCC(C(=O)N2CCCCCC2CO)CC1. The van der Waals surface area contributed by atoms with E-state index in [4.69, 9.17) is 5.73 Å². The van der Waals surface area contributed by atoms with Gasteiger partial charge in [-0.2, -0.15) is 0 Å². The molecule has 0 aromatic rings. The molecule has 2 fully saturated rings. The average molecular weight is 268 g/mol. The van der Waals surface area contributed by atoms with Gasteiger partial charge in [0, 0.05) is 12.5 Å². The van der Waals surface area contributed by atoms with Crippen molar-refractivity contribution in [1.29, 1.82) is 0 Å². The zero-order valence-electron chi connectivity index (χ0n) is 11.9. The number of aliphatic hydroxyl groups excluding tert-OH is 1. The van der Waals surface area contributed by atoms with Gasteiger partial charge in [0.15, 0.2) is 0 Å². The molecule has 4 heteroatoms. The van der Waals surface area contributed by atoms with Crippen LogP contribution in [-0.2, 0) is 4.79 Å². The van der Waals surface area contributed by atoms with Crippen molar-refractivity contribution in [3.63, 3.8) is 0 Å². The number of nitrogens with two attached hydrogens (primary N) is 1. The van der Waals surface area contributed by atoms with Gasteiger partial charge in [-0.1, -0.05) is 12.8 Å². The van der Waals surface area contributed by atoms with E-state index in [0.29, 0.717) is 5.92 Å². The highest BCUT2D eigenvalue weighted by Crippen LogP contribution is 2.31. The van der Waals surface area contributed by atoms with E-state index < -0.39 is 0 Å². The minimum absolute atomic E-state index is 0.0576. The molecule has 1 unspecified atom stereocenters. The normalized spacial score (nSPS) is 32.9. The van der Waals surface area contributed by atoms with Crippen molar-refractivity contribution in [2.75, 3.05) is 19.7 Å². The van der Waals surface area contributed by atoms with E-state index >= 15 is 0 Å². The predicted octanol–water partition coefficient (Wildman–Crippen LogP) is 1.51. The van der Waals surface area contributed by atoms with Gasteiger partial charge in [-0.25, -0.2) is 0 Å². The molecule has 3 N–H and O–H groups in total. The highest BCUT2D eigenvalue weighted by atomic mass is 16.3. The molecule has 1 amide bonds. The Morgan fingerprint density at radius 2 is 1.84 bits per heavy atom. The lowest BCUT2D eigenvalue weighted by molar-refractivity contribution is -0.140. The fraction of sp³-hybridized carbons (Fsp3) is 0.933. The van der Waals surface area contributed by atoms with Crippen molar-refractivity contribution in [2.45, 2.75) is 57.4 Å². The van der Waals surface area contributed by atoms with Crippen molar-refractivity contribution in [1.82, 2.24) is 4.90 Å². The summed E-state index contributed by atoms with van der Waals surface area (Å²) >= 11 is 0. The molecule has 0 aromatic carbocycles. The second-order valence-electron chi connectivity index (χ2n) is 6.17. The Kier molecular flexibility index (Phi) is 5.64. The molecule has 1 saturated carbocycles. The summed E-state index contributed by atoms with van der Waals surface area (Å²) < 4.78 is 0. The number of hydrogen-bond donors (Lipinski definition) is 2. The van der Waals surface area contributed by atoms with Gasteiger partial charge in [0.1, 0.15) is 0 Å². The summed E-state index contributed by atoms with van der Waals surface area (Å²) in [5, 5.41) is 9.50. The molecule has 0 bridgehead atoms. The third-order valence-electron chi connectivity index (χ3n) is 4.90. The molecule has 1 aliphatic heterocycles. The van der Waals surface area contributed by atoms with Crippen LogP contribution in [0.2, 0.25) is 0 Å². The van der Waals surface area contributed by atoms with Crippen LogP contribution in [0.15, 0.2) is 0 Å². The van der Waals surface area contributed by atoms with Gasteiger partial charge in [-0.15, -0.1) is 0 Å². The van der Waals surface area contributed by atoms with E-state index in [-0.39, 0.29) is 24.5 Å². The first-order valence-electron chi connectivity index (χ1n) is 7.87. The van der Waals surface area contributed by atoms with Crippen molar-refractivity contribution >= 4 is 5.91 Å².